The van der Waals surface area contributed by atoms with E-state index in [0.29, 0.717) is 0 Å². The number of amides is 1. The van der Waals surface area contributed by atoms with Crippen molar-refractivity contribution in [3.8, 4) is 0 Å². The van der Waals surface area contributed by atoms with Crippen LogP contribution in [0, 0.1) is 0 Å². The summed E-state index contributed by atoms with van der Waals surface area (Å²) in [6.07, 6.45) is 4.30. The molecule has 1 aliphatic heterocycles. The van der Waals surface area contributed by atoms with Gasteiger partial charge < -0.3 is 10.2 Å². The minimum Gasteiger partial charge on any atom is -0.385 e. The van der Waals surface area contributed by atoms with Crippen LogP contribution in [0.15, 0.2) is 18.2 Å². The van der Waals surface area contributed by atoms with Crippen molar-refractivity contribution in [3.63, 3.8) is 0 Å². The second-order valence-corrected chi connectivity index (χ2v) is 4.94. The summed E-state index contributed by atoms with van der Waals surface area (Å²) in [5.74, 6) is 0.156. The number of benzene rings is 1. The average Bonchev–Trinajstić information content (AvgIpc) is 2.43. The van der Waals surface area contributed by atoms with Gasteiger partial charge in [-0.25, -0.2) is 0 Å². The van der Waals surface area contributed by atoms with Gasteiger partial charge in [-0.15, -0.1) is 0 Å². The standard InChI is InChI=1S/C15H22N2O/c1-3-4-11-17(2)15(18)13-7-5-9-14-12(13)8-6-10-16-14/h5,7,9,16H,3-4,6,8,10-11H2,1-2H3. The average molecular weight is 246 g/mol. The van der Waals surface area contributed by atoms with Gasteiger partial charge >= 0.3 is 0 Å². The summed E-state index contributed by atoms with van der Waals surface area (Å²) < 4.78 is 0. The summed E-state index contributed by atoms with van der Waals surface area (Å²) in [5, 5.41) is 3.37. The molecule has 1 N–H and O–H groups in total. The smallest absolute Gasteiger partial charge is 0.253 e. The van der Waals surface area contributed by atoms with E-state index >= 15 is 0 Å². The Morgan fingerprint density at radius 2 is 2.28 bits per heavy atom. The summed E-state index contributed by atoms with van der Waals surface area (Å²) in [6, 6.07) is 5.99. The van der Waals surface area contributed by atoms with E-state index in [1.807, 2.05) is 24.1 Å². The summed E-state index contributed by atoms with van der Waals surface area (Å²) in [4.78, 5) is 14.3. The van der Waals surface area contributed by atoms with E-state index in [2.05, 4.69) is 18.3 Å². The van der Waals surface area contributed by atoms with Gasteiger partial charge in [-0.1, -0.05) is 19.4 Å². The van der Waals surface area contributed by atoms with Gasteiger partial charge in [-0.05, 0) is 37.0 Å². The largest absolute Gasteiger partial charge is 0.385 e. The van der Waals surface area contributed by atoms with Gasteiger partial charge in [0.2, 0.25) is 0 Å². The van der Waals surface area contributed by atoms with Gasteiger partial charge in [0.15, 0.2) is 0 Å². The maximum Gasteiger partial charge on any atom is 0.253 e. The summed E-state index contributed by atoms with van der Waals surface area (Å²) in [5.41, 5.74) is 3.20. The van der Waals surface area contributed by atoms with E-state index in [1.165, 1.54) is 5.56 Å². The fraction of sp³-hybridized carbons (Fsp3) is 0.533. The van der Waals surface area contributed by atoms with E-state index in [9.17, 15) is 4.79 Å². The van der Waals surface area contributed by atoms with Crippen LogP contribution in [0.4, 0.5) is 5.69 Å². The van der Waals surface area contributed by atoms with Crippen molar-refractivity contribution in [1.29, 1.82) is 0 Å². The molecule has 0 radical (unpaired) electrons. The fourth-order valence-corrected chi connectivity index (χ4v) is 2.41. The molecule has 3 heteroatoms. The number of fused-ring (bicyclic) bond motifs is 1. The normalized spacial score (nSPS) is 13.7. The van der Waals surface area contributed by atoms with Crippen LogP contribution in [0.3, 0.4) is 0 Å². The van der Waals surface area contributed by atoms with Crippen molar-refractivity contribution in [3.05, 3.63) is 29.3 Å². The predicted octanol–water partition coefficient (Wildman–Crippen LogP) is 2.92. The third-order valence-corrected chi connectivity index (χ3v) is 3.52. The number of anilines is 1. The Morgan fingerprint density at radius 3 is 3.06 bits per heavy atom. The molecule has 0 bridgehead atoms. The molecule has 0 aliphatic carbocycles. The minimum absolute atomic E-state index is 0.156. The first-order valence-corrected chi connectivity index (χ1v) is 6.85. The molecule has 1 heterocycles. The van der Waals surface area contributed by atoms with E-state index in [-0.39, 0.29) is 5.91 Å². The number of carbonyl (C=O) groups is 1. The molecular formula is C15H22N2O. The van der Waals surface area contributed by atoms with Crippen LogP contribution in [0.25, 0.3) is 0 Å². The number of carbonyl (C=O) groups excluding carboxylic acids is 1. The fourth-order valence-electron chi connectivity index (χ4n) is 2.41. The van der Waals surface area contributed by atoms with Crippen LogP contribution in [-0.4, -0.2) is 30.9 Å². The molecule has 0 saturated carbocycles. The van der Waals surface area contributed by atoms with Crippen molar-refractivity contribution in [2.45, 2.75) is 32.6 Å². The predicted molar refractivity (Wildman–Crippen MR) is 75.1 cm³/mol. The van der Waals surface area contributed by atoms with E-state index in [1.54, 1.807) is 0 Å². The van der Waals surface area contributed by atoms with Crippen LogP contribution in [-0.2, 0) is 6.42 Å². The number of unbranched alkanes of at least 4 members (excludes halogenated alkanes) is 1. The Morgan fingerprint density at radius 1 is 1.44 bits per heavy atom. The second kappa shape index (κ2) is 5.89. The Labute approximate surface area is 109 Å². The lowest BCUT2D eigenvalue weighted by molar-refractivity contribution is 0.0792. The molecule has 0 unspecified atom stereocenters. The molecule has 0 saturated heterocycles. The quantitative estimate of drug-likeness (QED) is 0.886. The molecule has 0 spiro atoms. The molecule has 1 amide bonds. The van der Waals surface area contributed by atoms with Gasteiger partial charge in [-0.2, -0.15) is 0 Å². The van der Waals surface area contributed by atoms with Gasteiger partial charge in [-0.3, -0.25) is 4.79 Å². The van der Waals surface area contributed by atoms with Crippen molar-refractivity contribution in [1.82, 2.24) is 4.90 Å². The topological polar surface area (TPSA) is 32.3 Å². The lowest BCUT2D eigenvalue weighted by Crippen LogP contribution is -2.29. The first-order chi connectivity index (χ1) is 8.74. The highest BCUT2D eigenvalue weighted by atomic mass is 16.2. The number of rotatable bonds is 4. The zero-order valence-electron chi connectivity index (χ0n) is 11.3. The lowest BCUT2D eigenvalue weighted by atomic mass is 9.97. The highest BCUT2D eigenvalue weighted by Crippen LogP contribution is 2.26. The summed E-state index contributed by atoms with van der Waals surface area (Å²) >= 11 is 0. The molecule has 3 nitrogen and oxygen atoms in total. The molecule has 0 atom stereocenters. The van der Waals surface area contributed by atoms with E-state index in [0.717, 1.165) is 50.0 Å². The van der Waals surface area contributed by atoms with Gasteiger partial charge in [0.1, 0.15) is 0 Å². The molecule has 0 fully saturated rings. The monoisotopic (exact) mass is 246 g/mol. The molecule has 1 aliphatic rings. The zero-order chi connectivity index (χ0) is 13.0. The zero-order valence-corrected chi connectivity index (χ0v) is 11.3. The molecule has 0 aromatic heterocycles. The third kappa shape index (κ3) is 2.66. The maximum absolute atomic E-state index is 12.4. The lowest BCUT2D eigenvalue weighted by Gasteiger charge is -2.23. The SMILES string of the molecule is CCCCN(C)C(=O)c1cccc2c1CCCN2. The molecule has 1 aromatic rings. The van der Waals surface area contributed by atoms with Gasteiger partial charge in [0, 0.05) is 31.4 Å². The number of nitrogens with one attached hydrogen (secondary N) is 1. The number of hydrogen-bond donors (Lipinski definition) is 1. The van der Waals surface area contributed by atoms with Crippen molar-refractivity contribution in [2.24, 2.45) is 0 Å². The molecule has 2 rings (SSSR count). The van der Waals surface area contributed by atoms with Crippen LogP contribution in [0.1, 0.15) is 42.1 Å². The van der Waals surface area contributed by atoms with Crippen molar-refractivity contribution in [2.75, 3.05) is 25.5 Å². The number of hydrogen-bond acceptors (Lipinski definition) is 2. The first-order valence-electron chi connectivity index (χ1n) is 6.85. The minimum atomic E-state index is 0.156. The van der Waals surface area contributed by atoms with E-state index < -0.39 is 0 Å². The number of nitrogens with zero attached hydrogens (tertiary/aromatic N) is 1. The Hall–Kier alpha value is -1.51. The van der Waals surface area contributed by atoms with Gasteiger partial charge in [0.25, 0.3) is 5.91 Å². The Kier molecular flexibility index (Phi) is 4.24. The summed E-state index contributed by atoms with van der Waals surface area (Å²) in [6.45, 7) is 4.00. The third-order valence-electron chi connectivity index (χ3n) is 3.52. The second-order valence-electron chi connectivity index (χ2n) is 4.94. The highest BCUT2D eigenvalue weighted by Gasteiger charge is 2.19. The van der Waals surface area contributed by atoms with Crippen LogP contribution >= 0.6 is 0 Å². The van der Waals surface area contributed by atoms with E-state index in [4.69, 9.17) is 0 Å². The van der Waals surface area contributed by atoms with Crippen LogP contribution < -0.4 is 5.32 Å². The highest BCUT2D eigenvalue weighted by molar-refractivity contribution is 5.97. The van der Waals surface area contributed by atoms with Crippen LogP contribution in [0.5, 0.6) is 0 Å². The molecule has 1 aromatic carbocycles. The first kappa shape index (κ1) is 12.9. The Bertz CT molecular complexity index is 429. The van der Waals surface area contributed by atoms with Crippen molar-refractivity contribution < 1.29 is 4.79 Å². The maximum atomic E-state index is 12.4. The summed E-state index contributed by atoms with van der Waals surface area (Å²) in [7, 11) is 1.90. The molecule has 18 heavy (non-hydrogen) atoms. The van der Waals surface area contributed by atoms with Crippen molar-refractivity contribution >= 4 is 11.6 Å². The van der Waals surface area contributed by atoms with Gasteiger partial charge in [0.05, 0.1) is 0 Å². The Balaban J connectivity index is 2.19. The molecular weight excluding hydrogens is 224 g/mol. The molecule has 98 valence electrons. The van der Waals surface area contributed by atoms with Crippen LogP contribution in [0.2, 0.25) is 0 Å².